The number of nitrogens with two attached hydrogens (primary N) is 1. The maximum atomic E-state index is 10.1. The zero-order valence-electron chi connectivity index (χ0n) is 10.3. The maximum Gasteiger partial charge on any atom is 0.0675 e. The van der Waals surface area contributed by atoms with Crippen LogP contribution in [0.1, 0.15) is 5.56 Å². The molecule has 2 aromatic rings. The van der Waals surface area contributed by atoms with E-state index < -0.39 is 6.10 Å². The summed E-state index contributed by atoms with van der Waals surface area (Å²) in [5.41, 5.74) is 7.41. The quantitative estimate of drug-likeness (QED) is 0.822. The molecule has 0 aliphatic heterocycles. The van der Waals surface area contributed by atoms with Crippen LogP contribution in [0.4, 0.5) is 5.69 Å². The molecule has 100 valence electrons. The molecule has 0 saturated carbocycles. The number of hydrogen-bond acceptors (Lipinski definition) is 4. The lowest BCUT2D eigenvalue weighted by molar-refractivity contribution is 0.200. The van der Waals surface area contributed by atoms with Crippen LogP contribution in [0, 0.1) is 0 Å². The summed E-state index contributed by atoms with van der Waals surface area (Å²) in [5, 5.41) is 10.1. The van der Waals surface area contributed by atoms with Gasteiger partial charge in [-0.05, 0) is 39.7 Å². The molecule has 3 nitrogen and oxygen atoms in total. The van der Waals surface area contributed by atoms with Gasteiger partial charge in [0.2, 0.25) is 0 Å². The summed E-state index contributed by atoms with van der Waals surface area (Å²) in [5.74, 6) is 0.622. The first kappa shape index (κ1) is 14.4. The van der Waals surface area contributed by atoms with Crippen LogP contribution in [0.3, 0.4) is 0 Å². The van der Waals surface area contributed by atoms with Crippen molar-refractivity contribution in [3.05, 3.63) is 52.8 Å². The van der Waals surface area contributed by atoms with Gasteiger partial charge >= 0.3 is 0 Å². The number of benzene rings is 1. The summed E-state index contributed by atoms with van der Waals surface area (Å²) >= 11 is 5.11. The summed E-state index contributed by atoms with van der Waals surface area (Å²) in [7, 11) is 0. The van der Waals surface area contributed by atoms with E-state index in [0.717, 1.165) is 14.9 Å². The third-order valence-corrected chi connectivity index (χ3v) is 4.84. The van der Waals surface area contributed by atoms with Gasteiger partial charge in [0.1, 0.15) is 0 Å². The predicted molar refractivity (Wildman–Crippen MR) is 83.2 cm³/mol. The number of aliphatic hydroxyl groups is 1. The Morgan fingerprint density at radius 2 is 2.11 bits per heavy atom. The van der Waals surface area contributed by atoms with E-state index in [9.17, 15) is 5.11 Å². The Bertz CT molecular complexity index is 550. The van der Waals surface area contributed by atoms with Crippen molar-refractivity contribution in [1.29, 1.82) is 0 Å². The van der Waals surface area contributed by atoms with E-state index in [2.05, 4.69) is 20.9 Å². The van der Waals surface area contributed by atoms with Gasteiger partial charge in [-0.25, -0.2) is 0 Å². The normalized spacial score (nSPS) is 12.3. The second kappa shape index (κ2) is 6.93. The van der Waals surface area contributed by atoms with Gasteiger partial charge in [0, 0.05) is 39.6 Å². The average Bonchev–Trinajstić information content (AvgIpc) is 2.40. The van der Waals surface area contributed by atoms with Crippen LogP contribution >= 0.6 is 27.7 Å². The number of nitrogens with zero attached hydrogens (tertiary/aromatic N) is 1. The number of pyridine rings is 1. The number of rotatable bonds is 5. The maximum absolute atomic E-state index is 10.1. The van der Waals surface area contributed by atoms with Crippen molar-refractivity contribution in [2.24, 2.45) is 0 Å². The molecule has 0 fully saturated rings. The smallest absolute Gasteiger partial charge is 0.0675 e. The highest BCUT2D eigenvalue weighted by Crippen LogP contribution is 2.28. The van der Waals surface area contributed by atoms with Crippen LogP contribution in [0.2, 0.25) is 0 Å². The van der Waals surface area contributed by atoms with Crippen molar-refractivity contribution in [2.75, 3.05) is 11.5 Å². The topological polar surface area (TPSA) is 59.1 Å². The van der Waals surface area contributed by atoms with E-state index in [1.165, 1.54) is 0 Å². The van der Waals surface area contributed by atoms with E-state index in [0.29, 0.717) is 17.9 Å². The third-order valence-electron chi connectivity index (χ3n) is 2.66. The number of aliphatic hydroxyl groups excluding tert-OH is 1. The first-order valence-corrected chi connectivity index (χ1v) is 7.68. The Labute approximate surface area is 125 Å². The van der Waals surface area contributed by atoms with Crippen molar-refractivity contribution in [3.8, 4) is 0 Å². The summed E-state index contributed by atoms with van der Waals surface area (Å²) in [6.07, 6.45) is 3.45. The molecule has 0 amide bonds. The molecule has 0 aliphatic carbocycles. The summed E-state index contributed by atoms with van der Waals surface area (Å²) in [6.45, 7) is 0. The van der Waals surface area contributed by atoms with E-state index in [-0.39, 0.29) is 0 Å². The molecule has 0 radical (unpaired) electrons. The Hall–Kier alpha value is -1.04. The minimum Gasteiger partial charge on any atom is -0.398 e. The molecule has 1 heterocycles. The lowest BCUT2D eigenvalue weighted by atomic mass is 10.1. The molecule has 0 aliphatic rings. The highest BCUT2D eigenvalue weighted by molar-refractivity contribution is 9.10. The number of hydrogen-bond donors (Lipinski definition) is 2. The van der Waals surface area contributed by atoms with Crippen LogP contribution < -0.4 is 5.73 Å². The fourth-order valence-corrected chi connectivity index (χ4v) is 3.17. The number of thioether (sulfide) groups is 1. The lowest BCUT2D eigenvalue weighted by Crippen LogP contribution is -2.14. The van der Waals surface area contributed by atoms with Crippen molar-refractivity contribution in [2.45, 2.75) is 17.4 Å². The van der Waals surface area contributed by atoms with E-state index in [1.54, 1.807) is 30.2 Å². The van der Waals surface area contributed by atoms with Gasteiger partial charge < -0.3 is 10.8 Å². The fraction of sp³-hybridized carbons (Fsp3) is 0.214. The first-order chi connectivity index (χ1) is 9.16. The van der Waals surface area contributed by atoms with Gasteiger partial charge in [0.25, 0.3) is 0 Å². The van der Waals surface area contributed by atoms with Crippen LogP contribution in [0.25, 0.3) is 0 Å². The molecule has 0 bridgehead atoms. The fourth-order valence-electron chi connectivity index (χ4n) is 1.67. The Balaban J connectivity index is 1.90. The second-order valence-corrected chi connectivity index (χ2v) is 6.09. The zero-order valence-corrected chi connectivity index (χ0v) is 12.7. The molecule has 1 atom stereocenters. The van der Waals surface area contributed by atoms with Crippen molar-refractivity contribution in [1.82, 2.24) is 4.98 Å². The zero-order chi connectivity index (χ0) is 13.7. The van der Waals surface area contributed by atoms with Crippen molar-refractivity contribution < 1.29 is 5.11 Å². The molecule has 19 heavy (non-hydrogen) atoms. The molecule has 0 spiro atoms. The minimum atomic E-state index is -0.441. The van der Waals surface area contributed by atoms with Gasteiger partial charge in [-0.3, -0.25) is 4.98 Å². The standard InChI is InChI=1S/C14H15BrN2OS/c15-12-3-1-2-4-14(12)19-9-11(18)7-10-8-17-6-5-13(10)16/h1-6,8,11,18H,7,9H2,(H2,16,17). The summed E-state index contributed by atoms with van der Waals surface area (Å²) in [4.78, 5) is 5.15. The summed E-state index contributed by atoms with van der Waals surface area (Å²) < 4.78 is 1.05. The number of anilines is 1. The summed E-state index contributed by atoms with van der Waals surface area (Å²) in [6, 6.07) is 9.73. The number of aromatic nitrogens is 1. The first-order valence-electron chi connectivity index (χ1n) is 5.90. The Kier molecular flexibility index (Phi) is 5.24. The molecule has 1 aromatic carbocycles. The van der Waals surface area contributed by atoms with Crippen LogP contribution in [0.5, 0.6) is 0 Å². The molecular formula is C14H15BrN2OS. The highest BCUT2D eigenvalue weighted by Gasteiger charge is 2.10. The van der Waals surface area contributed by atoms with Crippen LogP contribution in [-0.2, 0) is 6.42 Å². The van der Waals surface area contributed by atoms with E-state index >= 15 is 0 Å². The van der Waals surface area contributed by atoms with Gasteiger partial charge in [0.15, 0.2) is 0 Å². The molecule has 1 unspecified atom stereocenters. The van der Waals surface area contributed by atoms with E-state index in [1.807, 2.05) is 24.3 Å². The average molecular weight is 339 g/mol. The molecule has 2 rings (SSSR count). The molecule has 3 N–H and O–H groups in total. The van der Waals surface area contributed by atoms with Crippen molar-refractivity contribution in [3.63, 3.8) is 0 Å². The lowest BCUT2D eigenvalue weighted by Gasteiger charge is -2.12. The molecule has 0 saturated heterocycles. The van der Waals surface area contributed by atoms with Gasteiger partial charge in [0.05, 0.1) is 6.10 Å². The molecule has 5 heteroatoms. The second-order valence-electron chi connectivity index (χ2n) is 4.17. The monoisotopic (exact) mass is 338 g/mol. The van der Waals surface area contributed by atoms with Crippen molar-refractivity contribution >= 4 is 33.4 Å². The van der Waals surface area contributed by atoms with Gasteiger partial charge in [-0.15, -0.1) is 11.8 Å². The SMILES string of the molecule is Nc1ccncc1CC(O)CSc1ccccc1Br. The molecule has 1 aromatic heterocycles. The Morgan fingerprint density at radius 3 is 2.84 bits per heavy atom. The van der Waals surface area contributed by atoms with Crippen LogP contribution in [0.15, 0.2) is 52.1 Å². The van der Waals surface area contributed by atoms with Gasteiger partial charge in [-0.2, -0.15) is 0 Å². The van der Waals surface area contributed by atoms with Crippen LogP contribution in [-0.4, -0.2) is 21.9 Å². The predicted octanol–water partition coefficient (Wildman–Crippen LogP) is 3.12. The number of nitrogen functional groups attached to an aromatic ring is 1. The minimum absolute atomic E-state index is 0.441. The third kappa shape index (κ3) is 4.23. The Morgan fingerprint density at radius 1 is 1.32 bits per heavy atom. The number of halogens is 1. The highest BCUT2D eigenvalue weighted by atomic mass is 79.9. The largest absolute Gasteiger partial charge is 0.398 e. The van der Waals surface area contributed by atoms with Gasteiger partial charge in [-0.1, -0.05) is 12.1 Å². The molecular weight excluding hydrogens is 324 g/mol. The van der Waals surface area contributed by atoms with E-state index in [4.69, 9.17) is 5.73 Å².